The van der Waals surface area contributed by atoms with Crippen LogP contribution in [0.4, 0.5) is 22.0 Å². The molecule has 0 spiro atoms. The maximum absolute atomic E-state index is 13.4. The van der Waals surface area contributed by atoms with Crippen LogP contribution in [0.2, 0.25) is 5.02 Å². The van der Waals surface area contributed by atoms with Gasteiger partial charge in [0, 0.05) is 23.5 Å². The summed E-state index contributed by atoms with van der Waals surface area (Å²) < 4.78 is 1.94. The molecule has 0 saturated heterocycles. The molecule has 9 heteroatoms. The summed E-state index contributed by atoms with van der Waals surface area (Å²) in [4.78, 5) is 34.3. The Bertz CT molecular complexity index is 1350. The van der Waals surface area contributed by atoms with Crippen LogP contribution in [0.1, 0.15) is 42.2 Å². The quantitative estimate of drug-likeness (QED) is 0.326. The molecule has 4 aromatic rings. The van der Waals surface area contributed by atoms with Crippen molar-refractivity contribution in [3.05, 3.63) is 77.2 Å². The van der Waals surface area contributed by atoms with Gasteiger partial charge in [-0.2, -0.15) is 0 Å². The third-order valence-electron chi connectivity index (χ3n) is 5.45. The third-order valence-corrected chi connectivity index (χ3v) is 5.78. The zero-order valence-corrected chi connectivity index (χ0v) is 18.9. The first-order chi connectivity index (χ1) is 15.9. The number of carbonyl (C=O) groups excluding carboxylic acids is 2. The van der Waals surface area contributed by atoms with E-state index in [2.05, 4.69) is 27.5 Å². The highest BCUT2D eigenvalue weighted by Gasteiger charge is 2.22. The lowest BCUT2D eigenvalue weighted by atomic mass is 10.0. The molecule has 1 atom stereocenters. The van der Waals surface area contributed by atoms with E-state index in [1.807, 2.05) is 11.5 Å². The summed E-state index contributed by atoms with van der Waals surface area (Å²) in [6.45, 7) is 4.11. The molecule has 4 rings (SSSR count). The number of nitrogen functional groups attached to an aromatic ring is 1. The topological polar surface area (TPSA) is 115 Å². The van der Waals surface area contributed by atoms with Gasteiger partial charge in [-0.3, -0.25) is 4.79 Å². The normalized spacial score (nSPS) is 11.8. The number of carbonyl (C=O) groups is 2. The van der Waals surface area contributed by atoms with E-state index < -0.39 is 6.03 Å². The zero-order valence-electron chi connectivity index (χ0n) is 18.2. The number of urea groups is 1. The van der Waals surface area contributed by atoms with Crippen LogP contribution in [0.25, 0.3) is 11.0 Å². The van der Waals surface area contributed by atoms with E-state index in [1.165, 1.54) is 6.33 Å². The van der Waals surface area contributed by atoms with Crippen LogP contribution < -0.4 is 16.4 Å². The second kappa shape index (κ2) is 9.30. The van der Waals surface area contributed by atoms with Crippen LogP contribution in [0.5, 0.6) is 0 Å². The number of hydrogen-bond acceptors (Lipinski definition) is 5. The summed E-state index contributed by atoms with van der Waals surface area (Å²) in [5.74, 6) is 0.0116. The molecule has 0 bridgehead atoms. The number of para-hydroxylation sites is 1. The Morgan fingerprint density at radius 3 is 2.67 bits per heavy atom. The predicted molar refractivity (Wildman–Crippen MR) is 131 cm³/mol. The largest absolute Gasteiger partial charge is 0.383 e. The fraction of sp³-hybridized carbons (Fsp3) is 0.167. The maximum atomic E-state index is 13.4. The highest BCUT2D eigenvalue weighted by molar-refractivity contribution is 6.33. The number of anilines is 3. The molecule has 0 saturated carbocycles. The van der Waals surface area contributed by atoms with Gasteiger partial charge in [0.1, 0.15) is 17.8 Å². The van der Waals surface area contributed by atoms with Crippen molar-refractivity contribution >= 4 is 51.6 Å². The van der Waals surface area contributed by atoms with Gasteiger partial charge in [0.25, 0.3) is 0 Å². The number of aromatic nitrogens is 3. The van der Waals surface area contributed by atoms with Gasteiger partial charge in [-0.25, -0.2) is 14.8 Å². The molecule has 33 heavy (non-hydrogen) atoms. The summed E-state index contributed by atoms with van der Waals surface area (Å²) in [7, 11) is 0. The Kier molecular flexibility index (Phi) is 6.28. The van der Waals surface area contributed by atoms with Crippen LogP contribution in [-0.2, 0) is 0 Å². The molecule has 0 aliphatic heterocycles. The minimum atomic E-state index is -0.473. The molecule has 2 aromatic carbocycles. The number of nitrogens with zero attached hydrogens (tertiary/aromatic N) is 3. The smallest absolute Gasteiger partial charge is 0.323 e. The summed E-state index contributed by atoms with van der Waals surface area (Å²) in [5, 5.41) is 6.37. The molecular weight excluding hydrogens is 440 g/mol. The molecule has 168 valence electrons. The van der Waals surface area contributed by atoms with E-state index in [9.17, 15) is 9.59 Å². The molecule has 2 heterocycles. The lowest BCUT2D eigenvalue weighted by Crippen LogP contribution is -2.19. The summed E-state index contributed by atoms with van der Waals surface area (Å²) in [6.07, 6.45) is 4.03. The standard InChI is InChI=1S/C24H23ClN6O2/c1-3-14(2)31-12-17(20-22(26)27-13-28-23(20)31)21(32)15-7-6-8-16(11-15)29-24(33)30-19-10-5-4-9-18(19)25/h4-14H,3H2,1-2H3,(H2,26,27,28)(H2,29,30,33). The SMILES string of the molecule is CCC(C)n1cc(C(=O)c2cccc(NC(=O)Nc3ccccc3Cl)c2)c2c(N)ncnc21. The number of hydrogen-bond donors (Lipinski definition) is 3. The van der Waals surface area contributed by atoms with Crippen LogP contribution in [0.15, 0.2) is 61.1 Å². The van der Waals surface area contributed by atoms with E-state index in [0.717, 1.165) is 6.42 Å². The maximum Gasteiger partial charge on any atom is 0.323 e. The predicted octanol–water partition coefficient (Wildman–Crippen LogP) is 5.51. The second-order valence-corrected chi connectivity index (χ2v) is 8.04. The van der Waals surface area contributed by atoms with E-state index in [-0.39, 0.29) is 17.6 Å². The third kappa shape index (κ3) is 4.51. The molecular formula is C24H23ClN6O2. The molecule has 8 nitrogen and oxygen atoms in total. The zero-order chi connectivity index (χ0) is 23.5. The Balaban J connectivity index is 1.63. The minimum Gasteiger partial charge on any atom is -0.383 e. The van der Waals surface area contributed by atoms with Gasteiger partial charge < -0.3 is 20.9 Å². The highest BCUT2D eigenvalue weighted by atomic mass is 35.5. The Morgan fingerprint density at radius 1 is 1.12 bits per heavy atom. The molecule has 1 unspecified atom stereocenters. The van der Waals surface area contributed by atoms with Gasteiger partial charge in [0.05, 0.1) is 21.7 Å². The van der Waals surface area contributed by atoms with Gasteiger partial charge in [-0.05, 0) is 37.6 Å². The van der Waals surface area contributed by atoms with Crippen molar-refractivity contribution in [2.45, 2.75) is 26.3 Å². The summed E-state index contributed by atoms with van der Waals surface area (Å²) >= 11 is 6.09. The lowest BCUT2D eigenvalue weighted by molar-refractivity contribution is 0.104. The summed E-state index contributed by atoms with van der Waals surface area (Å²) in [6, 6.07) is 13.3. The van der Waals surface area contributed by atoms with Crippen molar-refractivity contribution in [1.29, 1.82) is 0 Å². The van der Waals surface area contributed by atoms with Crippen molar-refractivity contribution in [3.63, 3.8) is 0 Å². The number of rotatable bonds is 6. The van der Waals surface area contributed by atoms with Gasteiger partial charge in [-0.1, -0.05) is 42.8 Å². The van der Waals surface area contributed by atoms with Crippen molar-refractivity contribution in [2.75, 3.05) is 16.4 Å². The average Bonchev–Trinajstić information content (AvgIpc) is 3.21. The van der Waals surface area contributed by atoms with Gasteiger partial charge in [0.2, 0.25) is 0 Å². The van der Waals surface area contributed by atoms with E-state index in [1.54, 1.807) is 54.7 Å². The molecule has 0 aliphatic rings. The van der Waals surface area contributed by atoms with Gasteiger partial charge in [0.15, 0.2) is 5.78 Å². The second-order valence-electron chi connectivity index (χ2n) is 7.63. The lowest BCUT2D eigenvalue weighted by Gasteiger charge is -2.11. The van der Waals surface area contributed by atoms with Crippen LogP contribution >= 0.6 is 11.6 Å². The average molecular weight is 463 g/mol. The molecule has 4 N–H and O–H groups in total. The molecule has 2 aromatic heterocycles. The first-order valence-electron chi connectivity index (χ1n) is 10.5. The highest BCUT2D eigenvalue weighted by Crippen LogP contribution is 2.30. The Labute approximate surface area is 195 Å². The Hall–Kier alpha value is -3.91. The van der Waals surface area contributed by atoms with Gasteiger partial charge in [-0.15, -0.1) is 0 Å². The molecule has 0 aliphatic carbocycles. The van der Waals surface area contributed by atoms with E-state index in [0.29, 0.717) is 38.6 Å². The van der Waals surface area contributed by atoms with Crippen molar-refractivity contribution in [3.8, 4) is 0 Å². The van der Waals surface area contributed by atoms with Crippen molar-refractivity contribution < 1.29 is 9.59 Å². The monoisotopic (exact) mass is 462 g/mol. The fourth-order valence-corrected chi connectivity index (χ4v) is 3.74. The first kappa shape index (κ1) is 22.3. The fourth-order valence-electron chi connectivity index (χ4n) is 3.55. The van der Waals surface area contributed by atoms with Crippen molar-refractivity contribution in [2.24, 2.45) is 0 Å². The first-order valence-corrected chi connectivity index (χ1v) is 10.8. The number of fused-ring (bicyclic) bond motifs is 1. The number of nitrogens with one attached hydrogen (secondary N) is 2. The molecule has 0 fully saturated rings. The van der Waals surface area contributed by atoms with Gasteiger partial charge >= 0.3 is 6.03 Å². The van der Waals surface area contributed by atoms with E-state index in [4.69, 9.17) is 17.3 Å². The summed E-state index contributed by atoms with van der Waals surface area (Å²) in [5.41, 5.74) is 8.50. The number of ketones is 1. The Morgan fingerprint density at radius 2 is 1.91 bits per heavy atom. The van der Waals surface area contributed by atoms with Crippen LogP contribution in [-0.4, -0.2) is 26.3 Å². The molecule has 2 amide bonds. The molecule has 0 radical (unpaired) electrons. The van der Waals surface area contributed by atoms with Crippen molar-refractivity contribution in [1.82, 2.24) is 14.5 Å². The van der Waals surface area contributed by atoms with Crippen LogP contribution in [0, 0.1) is 0 Å². The number of benzene rings is 2. The minimum absolute atomic E-state index is 0.129. The number of nitrogens with two attached hydrogens (primary N) is 1. The van der Waals surface area contributed by atoms with E-state index >= 15 is 0 Å². The van der Waals surface area contributed by atoms with Crippen LogP contribution in [0.3, 0.4) is 0 Å². The number of amides is 2. The number of halogens is 1.